The molecule has 0 atom stereocenters. The van der Waals surface area contributed by atoms with Crippen LogP contribution in [-0.2, 0) is 11.2 Å². The van der Waals surface area contributed by atoms with Gasteiger partial charge in [0.1, 0.15) is 5.75 Å². The van der Waals surface area contributed by atoms with Crippen molar-refractivity contribution < 1.29 is 13.9 Å². The molecule has 3 aromatic rings. The number of ether oxygens (including phenoxy) is 2. The molecular weight excluding hydrogens is 454 g/mol. The van der Waals surface area contributed by atoms with Crippen molar-refractivity contribution >= 4 is 40.7 Å². The molecule has 0 aromatic heterocycles. The first-order valence-corrected chi connectivity index (χ1v) is 9.99. The summed E-state index contributed by atoms with van der Waals surface area (Å²) in [5, 5.41) is 25.5. The predicted octanol–water partition coefficient (Wildman–Crippen LogP) is 6.25. The first-order valence-electron chi connectivity index (χ1n) is 9.23. The highest BCUT2D eigenvalue weighted by atomic mass is 35.5. The number of anilines is 1. The van der Waals surface area contributed by atoms with Crippen molar-refractivity contribution in [2.24, 2.45) is 0 Å². The van der Waals surface area contributed by atoms with Crippen LogP contribution in [0, 0.1) is 34.9 Å². The Hall–Kier alpha value is -3.60. The lowest BCUT2D eigenvalue weighted by atomic mass is 10.1. The number of benzene rings is 3. The molecule has 4 N–H and O–H groups in total. The molecule has 0 heterocycles. The van der Waals surface area contributed by atoms with Gasteiger partial charge in [-0.05, 0) is 48.9 Å². The monoisotopic (exact) mass is 470 g/mol. The van der Waals surface area contributed by atoms with Crippen molar-refractivity contribution in [2.45, 2.75) is 13.3 Å². The van der Waals surface area contributed by atoms with Gasteiger partial charge in [-0.1, -0.05) is 35.3 Å². The summed E-state index contributed by atoms with van der Waals surface area (Å²) in [5.74, 6) is -1.55. The van der Waals surface area contributed by atoms with E-state index in [1.54, 1.807) is 25.1 Å². The highest BCUT2D eigenvalue weighted by Gasteiger charge is 2.18. The Morgan fingerprint density at radius 1 is 1.12 bits per heavy atom. The smallest absolute Gasteiger partial charge is 0.221 e. The van der Waals surface area contributed by atoms with Gasteiger partial charge in [-0.2, -0.15) is 5.26 Å². The maximum absolute atomic E-state index is 15.1. The molecule has 0 fully saturated rings. The zero-order chi connectivity index (χ0) is 23.4. The molecule has 0 saturated heterocycles. The molecule has 0 amide bonds. The van der Waals surface area contributed by atoms with E-state index in [-0.39, 0.29) is 50.9 Å². The lowest BCUT2D eigenvalue weighted by molar-refractivity contribution is 0.438. The zero-order valence-electron chi connectivity index (χ0n) is 16.8. The molecule has 0 aliphatic heterocycles. The van der Waals surface area contributed by atoms with Crippen LogP contribution in [0.2, 0.25) is 10.0 Å². The lowest BCUT2D eigenvalue weighted by Gasteiger charge is -2.14. The van der Waals surface area contributed by atoms with Crippen molar-refractivity contribution in [1.29, 1.82) is 16.1 Å². The van der Waals surface area contributed by atoms with Crippen LogP contribution in [0.15, 0.2) is 48.5 Å². The maximum Gasteiger partial charge on any atom is 0.221 e. The molecule has 3 aromatic carbocycles. The van der Waals surface area contributed by atoms with E-state index in [0.717, 1.165) is 5.56 Å². The summed E-state index contributed by atoms with van der Waals surface area (Å²) in [4.78, 5) is 0. The van der Waals surface area contributed by atoms with Crippen LogP contribution in [0.1, 0.15) is 22.3 Å². The van der Waals surface area contributed by atoms with Crippen molar-refractivity contribution in [2.75, 3.05) is 5.73 Å². The van der Waals surface area contributed by atoms with Gasteiger partial charge >= 0.3 is 0 Å². The number of halogens is 3. The van der Waals surface area contributed by atoms with Crippen LogP contribution in [0.3, 0.4) is 0 Å². The molecule has 0 radical (unpaired) electrons. The third-order valence-electron chi connectivity index (χ3n) is 4.43. The van der Waals surface area contributed by atoms with Crippen LogP contribution in [0.5, 0.6) is 11.5 Å². The molecule has 0 bridgehead atoms. The van der Waals surface area contributed by atoms with Crippen LogP contribution in [0.25, 0.3) is 0 Å². The van der Waals surface area contributed by atoms with E-state index >= 15 is 4.39 Å². The van der Waals surface area contributed by atoms with Crippen molar-refractivity contribution in [1.82, 2.24) is 0 Å². The van der Waals surface area contributed by atoms with Gasteiger partial charge in [-0.15, -0.1) is 0 Å². The summed E-state index contributed by atoms with van der Waals surface area (Å²) in [6.07, 6.45) is -0.248. The maximum atomic E-state index is 15.1. The Bertz CT molecular complexity index is 1270. The van der Waals surface area contributed by atoms with Crippen LogP contribution in [0.4, 0.5) is 10.1 Å². The number of nitrogen functional groups attached to an aromatic ring is 1. The van der Waals surface area contributed by atoms with Crippen LogP contribution < -0.4 is 10.5 Å². The summed E-state index contributed by atoms with van der Waals surface area (Å²) in [7, 11) is 0. The summed E-state index contributed by atoms with van der Waals surface area (Å²) < 4.78 is 25.9. The minimum atomic E-state index is -0.795. The van der Waals surface area contributed by atoms with Gasteiger partial charge in [-0.3, -0.25) is 10.8 Å². The largest absolute Gasteiger partial charge is 0.453 e. The molecule has 0 aliphatic rings. The van der Waals surface area contributed by atoms with E-state index in [1.165, 1.54) is 30.3 Å². The van der Waals surface area contributed by atoms with E-state index in [2.05, 4.69) is 0 Å². The number of nitriles is 1. The number of nitrogens with one attached hydrogen (secondary N) is 2. The quantitative estimate of drug-likeness (QED) is 0.232. The first-order chi connectivity index (χ1) is 15.2. The second-order valence-corrected chi connectivity index (χ2v) is 7.69. The standard InChI is InChI=1S/C23H17Cl2FN4O2/c1-12-2-4-16(28)10-18(12)23(30)32-20(29)8-14-3-5-19(25)22(21(14)26)31-17-7-13(11-27)6-15(24)9-17/h2-7,9-10,29-30H,8,28H2,1H3. The van der Waals surface area contributed by atoms with Gasteiger partial charge in [-0.25, -0.2) is 4.39 Å². The fourth-order valence-electron chi connectivity index (χ4n) is 2.88. The third-order valence-corrected chi connectivity index (χ3v) is 4.95. The SMILES string of the molecule is Cc1ccc(N)cc1C(=N)OC(=N)Cc1ccc(Cl)c(Oc2cc(Cl)cc(C#N)c2)c1F. The van der Waals surface area contributed by atoms with Gasteiger partial charge in [0, 0.05) is 21.8 Å². The lowest BCUT2D eigenvalue weighted by Crippen LogP contribution is -2.16. The van der Waals surface area contributed by atoms with Crippen molar-refractivity contribution in [3.63, 3.8) is 0 Å². The Morgan fingerprint density at radius 2 is 1.88 bits per heavy atom. The molecule has 9 heteroatoms. The first kappa shape index (κ1) is 23.1. The molecule has 0 aliphatic carbocycles. The second-order valence-electron chi connectivity index (χ2n) is 6.84. The predicted molar refractivity (Wildman–Crippen MR) is 123 cm³/mol. The van der Waals surface area contributed by atoms with Crippen LogP contribution >= 0.6 is 23.2 Å². The highest BCUT2D eigenvalue weighted by Crippen LogP contribution is 2.35. The van der Waals surface area contributed by atoms with Gasteiger partial charge in [0.2, 0.25) is 5.90 Å². The fraction of sp³-hybridized carbons (Fsp3) is 0.0870. The molecule has 0 unspecified atom stereocenters. The third kappa shape index (κ3) is 5.35. The average Bonchev–Trinajstić information content (AvgIpc) is 2.74. The average molecular weight is 471 g/mol. The van der Waals surface area contributed by atoms with E-state index in [0.29, 0.717) is 11.3 Å². The Labute approximate surface area is 193 Å². The topological polar surface area (TPSA) is 116 Å². The van der Waals surface area contributed by atoms with E-state index in [9.17, 15) is 0 Å². The minimum Gasteiger partial charge on any atom is -0.453 e. The van der Waals surface area contributed by atoms with E-state index in [4.69, 9.17) is 54.5 Å². The number of hydrogen-bond acceptors (Lipinski definition) is 6. The summed E-state index contributed by atoms with van der Waals surface area (Å²) >= 11 is 12.1. The van der Waals surface area contributed by atoms with E-state index < -0.39 is 5.82 Å². The molecule has 32 heavy (non-hydrogen) atoms. The number of aryl methyl sites for hydroxylation is 1. The number of nitrogens with zero attached hydrogens (tertiary/aromatic N) is 1. The molecule has 6 nitrogen and oxygen atoms in total. The fourth-order valence-corrected chi connectivity index (χ4v) is 3.29. The van der Waals surface area contributed by atoms with Crippen molar-refractivity contribution in [3.8, 4) is 17.6 Å². The summed E-state index contributed by atoms with van der Waals surface area (Å²) in [5.41, 5.74) is 7.72. The summed E-state index contributed by atoms with van der Waals surface area (Å²) in [6, 6.07) is 14.0. The second kappa shape index (κ2) is 9.69. The zero-order valence-corrected chi connectivity index (χ0v) is 18.3. The number of rotatable bonds is 5. The Morgan fingerprint density at radius 3 is 2.59 bits per heavy atom. The van der Waals surface area contributed by atoms with Gasteiger partial charge in [0.25, 0.3) is 0 Å². The Kier molecular flexibility index (Phi) is 6.98. The van der Waals surface area contributed by atoms with Crippen molar-refractivity contribution in [3.05, 3.63) is 86.6 Å². The van der Waals surface area contributed by atoms with Gasteiger partial charge < -0.3 is 15.2 Å². The van der Waals surface area contributed by atoms with E-state index in [1.807, 2.05) is 6.07 Å². The molecule has 0 saturated carbocycles. The molecule has 3 rings (SSSR count). The van der Waals surface area contributed by atoms with Crippen LogP contribution in [-0.4, -0.2) is 11.8 Å². The molecular formula is C23H17Cl2FN4O2. The summed E-state index contributed by atoms with van der Waals surface area (Å²) in [6.45, 7) is 1.78. The normalized spacial score (nSPS) is 10.3. The highest BCUT2D eigenvalue weighted by molar-refractivity contribution is 6.32. The number of hydrogen-bond donors (Lipinski definition) is 3. The van der Waals surface area contributed by atoms with Gasteiger partial charge in [0.05, 0.1) is 23.1 Å². The number of nitrogens with two attached hydrogens (primary N) is 1. The minimum absolute atomic E-state index is 0.000288. The molecule has 0 spiro atoms. The Balaban J connectivity index is 1.80. The molecule has 162 valence electrons. The van der Waals surface area contributed by atoms with Gasteiger partial charge in [0.15, 0.2) is 17.5 Å².